The average Bonchev–Trinajstić information content (AvgIpc) is 0.794. The maximum absolute atomic E-state index is 13.2. The number of halogens is 24. The minimum atomic E-state index is -6.59. The quantitative estimate of drug-likeness (QED) is 0.0195. The zero-order valence-electron chi connectivity index (χ0n) is 61.1. The number of hydrogen-bond donors (Lipinski definition) is 0. The van der Waals surface area contributed by atoms with E-state index in [1.54, 1.807) is 146 Å². The van der Waals surface area contributed by atoms with Crippen LogP contribution in [0.5, 0.6) is 0 Å². The van der Waals surface area contributed by atoms with E-state index in [-0.39, 0.29) is 170 Å². The first-order chi connectivity index (χ1) is 55.9. The largest absolute Gasteiger partial charge is 2.00 e. The topological polar surface area (TPSA) is 230 Å². The van der Waals surface area contributed by atoms with Gasteiger partial charge in [-0.25, -0.2) is 52.7 Å². The Labute approximate surface area is 769 Å². The molecule has 12 aromatic rings. The molecule has 0 bridgehead atoms. The van der Waals surface area contributed by atoms with Crippen molar-refractivity contribution in [1.29, 1.82) is 0 Å². The molecule has 12 aromatic carbocycles. The Kier molecular flexibility index (Phi) is 48.1. The standard InChI is InChI=1S/4C18H12F3P.2C2F6O6S2.4Au.2O/c4*19-13-1-7-16(8-2-13)22(17-9-3-14(20)4-10-17)18-11-5-15(21)6-12-18;2*3-1(4,5)15(9,10)13-14-16(11,12)2(6,7)8;;;;;;/h4*1-12H;;;;;;;;/q;;;;;;4*+1;2*-2. The molecule has 0 radical (unpaired) electrons. The van der Waals surface area contributed by atoms with Crippen LogP contribution in [0.25, 0.3) is 0 Å². The average molecular weight is 2680 g/mol. The van der Waals surface area contributed by atoms with Gasteiger partial charge in [0.1, 0.15) is 69.8 Å². The third-order valence-corrected chi connectivity index (χ3v) is 27.8. The van der Waals surface area contributed by atoms with Crippen LogP contribution in [0.4, 0.5) is 105 Å². The molecular formula is C76H48Au4F24O14P4S4. The molecule has 0 fully saturated rings. The Bertz CT molecular complexity index is 4650. The second kappa shape index (κ2) is 51.7. The van der Waals surface area contributed by atoms with Crippen LogP contribution < -0.4 is 63.7 Å². The van der Waals surface area contributed by atoms with Crippen molar-refractivity contribution in [3.8, 4) is 0 Å². The van der Waals surface area contributed by atoms with Crippen LogP contribution in [0, 0.1) is 69.8 Å². The molecule has 0 aliphatic rings. The fraction of sp³-hybridized carbons (Fsp3) is 0.0526. The van der Waals surface area contributed by atoms with E-state index >= 15 is 0 Å². The van der Waals surface area contributed by atoms with Gasteiger partial charge in [0, 0.05) is 0 Å². The van der Waals surface area contributed by atoms with Gasteiger partial charge in [-0.2, -0.15) is 86.4 Å². The predicted octanol–water partition coefficient (Wildman–Crippen LogP) is 16.5. The molecule has 14 nitrogen and oxygen atoms in total. The van der Waals surface area contributed by atoms with Crippen molar-refractivity contribution >= 4 is 136 Å². The van der Waals surface area contributed by atoms with Crippen LogP contribution >= 0.6 is 31.7 Å². The van der Waals surface area contributed by atoms with E-state index in [1.165, 1.54) is 146 Å². The summed E-state index contributed by atoms with van der Waals surface area (Å²) < 4.78 is 384. The third kappa shape index (κ3) is 35.5. The number of benzene rings is 12. The van der Waals surface area contributed by atoms with Crippen molar-refractivity contribution in [1.82, 2.24) is 0 Å². The van der Waals surface area contributed by atoms with E-state index in [0.29, 0.717) is 0 Å². The Morgan fingerprint density at radius 1 is 0.159 bits per heavy atom. The molecule has 0 saturated heterocycles. The van der Waals surface area contributed by atoms with Crippen molar-refractivity contribution in [3.05, 3.63) is 361 Å². The van der Waals surface area contributed by atoms with Crippen molar-refractivity contribution in [2.24, 2.45) is 0 Å². The Hall–Kier alpha value is -6.80. The molecule has 0 N–H and O–H groups in total. The van der Waals surface area contributed by atoms with Gasteiger partial charge in [0.05, 0.1) is 0 Å². The molecule has 0 unspecified atom stereocenters. The van der Waals surface area contributed by atoms with Crippen LogP contribution in [0.3, 0.4) is 0 Å². The first kappa shape index (κ1) is 117. The predicted molar refractivity (Wildman–Crippen MR) is 406 cm³/mol. The van der Waals surface area contributed by atoms with E-state index in [9.17, 15) is 139 Å². The molecule has 0 aliphatic carbocycles. The normalized spacial score (nSPS) is 11.5. The number of alkyl halides is 12. The minimum Gasteiger partial charge on any atom is -2.00 e. The van der Waals surface area contributed by atoms with Crippen molar-refractivity contribution < 1.29 is 257 Å². The molecule has 126 heavy (non-hydrogen) atoms. The van der Waals surface area contributed by atoms with Crippen molar-refractivity contribution in [3.63, 3.8) is 0 Å². The van der Waals surface area contributed by atoms with Crippen LogP contribution in [-0.4, -0.2) is 55.7 Å². The smallest absolute Gasteiger partial charge is 1.00 e. The maximum Gasteiger partial charge on any atom is 1.00 e. The van der Waals surface area contributed by atoms with Crippen LogP contribution in [-0.2, 0) is 158 Å². The molecule has 0 atom stereocenters. The third-order valence-electron chi connectivity index (χ3n) is 14.6. The van der Waals surface area contributed by atoms with Crippen molar-refractivity contribution in [2.45, 2.75) is 22.0 Å². The second-order valence-corrected chi connectivity index (χ2v) is 37.8. The van der Waals surface area contributed by atoms with Gasteiger partial charge in [0.25, 0.3) is 0 Å². The van der Waals surface area contributed by atoms with Gasteiger partial charge in [0.2, 0.25) is 0 Å². The zero-order chi connectivity index (χ0) is 88.9. The van der Waals surface area contributed by atoms with Gasteiger partial charge < -0.3 is 11.0 Å². The fourth-order valence-electron chi connectivity index (χ4n) is 9.17. The Morgan fingerprint density at radius 2 is 0.222 bits per heavy atom. The molecule has 0 spiro atoms. The molecule has 0 aromatic heterocycles. The summed E-state index contributed by atoms with van der Waals surface area (Å²) in [7, 11) is -30.3. The molecule has 12 rings (SSSR count). The summed E-state index contributed by atoms with van der Waals surface area (Å²) in [6.45, 7) is 0. The minimum absolute atomic E-state index is 0. The number of hydrogen-bond acceptors (Lipinski definition) is 12. The van der Waals surface area contributed by atoms with Crippen molar-refractivity contribution in [2.75, 3.05) is 0 Å². The van der Waals surface area contributed by atoms with Gasteiger partial charge in [0.15, 0.2) is 0 Å². The van der Waals surface area contributed by atoms with E-state index in [2.05, 4.69) is 17.3 Å². The van der Waals surface area contributed by atoms with Crippen LogP contribution in [0.1, 0.15) is 0 Å². The molecule has 50 heteroatoms. The monoisotopic (exact) mass is 2680 g/mol. The van der Waals surface area contributed by atoms with Gasteiger partial charge in [-0.05, 0) is 241 Å². The molecular weight excluding hydrogens is 2630 g/mol. The van der Waals surface area contributed by atoms with E-state index in [1.807, 2.05) is 0 Å². The molecule has 0 saturated carbocycles. The second-order valence-electron chi connectivity index (χ2n) is 22.9. The molecule has 0 amide bonds. The first-order valence-electron chi connectivity index (χ1n) is 32.2. The molecule has 692 valence electrons. The summed E-state index contributed by atoms with van der Waals surface area (Å²) >= 11 is 0. The van der Waals surface area contributed by atoms with E-state index in [4.69, 9.17) is 0 Å². The Balaban J connectivity index is 0.000000753. The summed E-state index contributed by atoms with van der Waals surface area (Å²) in [5, 5.41) is 11.1. The number of rotatable bonds is 18. The van der Waals surface area contributed by atoms with E-state index < -0.39 is 94.2 Å². The van der Waals surface area contributed by atoms with Crippen LogP contribution in [0.2, 0.25) is 0 Å². The zero-order valence-corrected chi connectivity index (χ0v) is 76.6. The van der Waals surface area contributed by atoms with Gasteiger partial charge in [-0.3, -0.25) is 0 Å². The summed E-state index contributed by atoms with van der Waals surface area (Å²) in [4.78, 5) is 0. The van der Waals surface area contributed by atoms with Crippen LogP contribution in [0.15, 0.2) is 291 Å². The first-order valence-corrected chi connectivity index (χ1v) is 43.2. The summed E-state index contributed by atoms with van der Waals surface area (Å²) in [6, 6.07) is 74.8. The fourth-order valence-corrected chi connectivity index (χ4v) is 19.6. The summed E-state index contributed by atoms with van der Waals surface area (Å²) in [5.74, 6) is -3.70. The van der Waals surface area contributed by atoms with E-state index in [0.717, 1.165) is 63.7 Å². The van der Waals surface area contributed by atoms with Gasteiger partial charge in [-0.1, -0.05) is 163 Å². The summed E-state index contributed by atoms with van der Waals surface area (Å²) in [5.41, 5.74) is -24.5. The summed E-state index contributed by atoms with van der Waals surface area (Å²) in [6.07, 6.45) is 0. The maximum atomic E-state index is 13.2. The SMILES string of the molecule is Fc1ccc(P(c2ccc(F)cc2)c2ccc(F)cc2)cc1.Fc1ccc(P(c2ccc(F)cc2)c2ccc(F)cc2)cc1.Fc1ccc(P(c2ccc(F)cc2)c2ccc(F)cc2)cc1.Fc1ccc(P(c2ccc(F)cc2)c2ccc(F)cc2)cc1.O=S(=O)(OOS(=O)(=O)C(F)(F)F)C(F)(F)F.O=S(=O)(OOS(=O)(=O)C(F)(F)F)C(F)(F)F.[Au+].[Au+].[Au+].[Au+].[O-2].[O-2]. The van der Waals surface area contributed by atoms with Gasteiger partial charge in [-0.15, -0.1) is 0 Å². The molecule has 0 aliphatic heterocycles. The molecule has 0 heterocycles. The Morgan fingerprint density at radius 3 is 0.278 bits per heavy atom. The van der Waals surface area contributed by atoms with Gasteiger partial charge >= 0.3 is 152 Å².